The highest BCUT2D eigenvalue weighted by molar-refractivity contribution is 5.82. The second-order valence-electron chi connectivity index (χ2n) is 4.38. The van der Waals surface area contributed by atoms with Crippen molar-refractivity contribution in [3.63, 3.8) is 0 Å². The Morgan fingerprint density at radius 2 is 2.06 bits per heavy atom. The number of fused-ring (bicyclic) bond motifs is 1. The van der Waals surface area contributed by atoms with Gasteiger partial charge in [0.25, 0.3) is 0 Å². The second-order valence-corrected chi connectivity index (χ2v) is 4.38. The van der Waals surface area contributed by atoms with E-state index in [0.29, 0.717) is 6.04 Å². The Bertz CT molecular complexity index is 502. The normalized spacial score (nSPS) is 16.2. The zero-order chi connectivity index (χ0) is 10.8. The number of para-hydroxylation sites is 1. The maximum atomic E-state index is 3.60. The van der Waals surface area contributed by atoms with E-state index in [4.69, 9.17) is 0 Å². The first-order valence-electron chi connectivity index (χ1n) is 5.87. The third-order valence-electron chi connectivity index (χ3n) is 3.26. The van der Waals surface area contributed by atoms with Crippen molar-refractivity contribution in [2.45, 2.75) is 25.4 Å². The number of rotatable bonds is 3. The molecule has 0 fully saturated rings. The monoisotopic (exact) mass is 212 g/mol. The summed E-state index contributed by atoms with van der Waals surface area (Å²) in [6.07, 6.45) is 8.85. The van der Waals surface area contributed by atoms with E-state index in [1.807, 2.05) is 6.20 Å². The molecule has 2 N–H and O–H groups in total. The van der Waals surface area contributed by atoms with Gasteiger partial charge >= 0.3 is 0 Å². The highest BCUT2D eigenvalue weighted by atomic mass is 14.9. The van der Waals surface area contributed by atoms with Crippen LogP contribution in [0.2, 0.25) is 0 Å². The van der Waals surface area contributed by atoms with Gasteiger partial charge in [0.1, 0.15) is 0 Å². The number of benzene rings is 1. The fourth-order valence-corrected chi connectivity index (χ4v) is 2.34. The van der Waals surface area contributed by atoms with Gasteiger partial charge in [0.2, 0.25) is 0 Å². The molecule has 0 spiro atoms. The topological polar surface area (TPSA) is 27.8 Å². The molecule has 1 aliphatic carbocycles. The molecule has 16 heavy (non-hydrogen) atoms. The molecule has 2 aromatic rings. The van der Waals surface area contributed by atoms with Crippen LogP contribution in [0, 0.1) is 0 Å². The Labute approximate surface area is 95.4 Å². The summed E-state index contributed by atoms with van der Waals surface area (Å²) < 4.78 is 0. The van der Waals surface area contributed by atoms with Crippen LogP contribution >= 0.6 is 0 Å². The van der Waals surface area contributed by atoms with Crippen LogP contribution in [-0.4, -0.2) is 11.0 Å². The summed E-state index contributed by atoms with van der Waals surface area (Å²) in [5.74, 6) is 0. The molecular formula is C14H16N2. The lowest BCUT2D eigenvalue weighted by Gasteiger charge is -2.12. The molecule has 0 atom stereocenters. The molecule has 0 bridgehead atoms. The van der Waals surface area contributed by atoms with E-state index in [2.05, 4.69) is 46.7 Å². The molecule has 3 rings (SSSR count). The Morgan fingerprint density at radius 1 is 1.19 bits per heavy atom. The van der Waals surface area contributed by atoms with Crippen molar-refractivity contribution in [3.05, 3.63) is 48.2 Å². The zero-order valence-corrected chi connectivity index (χ0v) is 9.24. The number of H-pyrrole nitrogens is 1. The molecule has 1 aromatic carbocycles. The molecule has 1 aromatic heterocycles. The lowest BCUT2D eigenvalue weighted by molar-refractivity contribution is 0.539. The van der Waals surface area contributed by atoms with Crippen LogP contribution in [0.5, 0.6) is 0 Å². The summed E-state index contributed by atoms with van der Waals surface area (Å²) in [6.45, 7) is 0.949. The van der Waals surface area contributed by atoms with Gasteiger partial charge in [0, 0.05) is 24.3 Å². The van der Waals surface area contributed by atoms with Crippen LogP contribution in [0.4, 0.5) is 0 Å². The van der Waals surface area contributed by atoms with Crippen molar-refractivity contribution in [1.82, 2.24) is 10.3 Å². The van der Waals surface area contributed by atoms with Gasteiger partial charge in [-0.3, -0.25) is 0 Å². The first kappa shape index (κ1) is 9.67. The largest absolute Gasteiger partial charge is 0.361 e. The SMILES string of the molecule is C1=CCC(NCc2cccc3cc[nH]c23)C1. The number of hydrogen-bond acceptors (Lipinski definition) is 1. The van der Waals surface area contributed by atoms with Gasteiger partial charge in [-0.05, 0) is 29.9 Å². The van der Waals surface area contributed by atoms with Crippen LogP contribution in [0.25, 0.3) is 10.9 Å². The quantitative estimate of drug-likeness (QED) is 0.752. The number of hydrogen-bond donors (Lipinski definition) is 2. The van der Waals surface area contributed by atoms with Crippen LogP contribution in [-0.2, 0) is 6.54 Å². The third kappa shape index (κ3) is 1.76. The standard InChI is InChI=1S/C14H16N2/c1-2-7-13(6-1)16-10-12-5-3-4-11-8-9-15-14(11)12/h1-5,8-9,13,15-16H,6-7,10H2. The average Bonchev–Trinajstić information content (AvgIpc) is 2.97. The Balaban J connectivity index is 1.75. The van der Waals surface area contributed by atoms with Crippen molar-refractivity contribution in [1.29, 1.82) is 0 Å². The van der Waals surface area contributed by atoms with Crippen LogP contribution < -0.4 is 5.32 Å². The minimum Gasteiger partial charge on any atom is -0.361 e. The highest BCUT2D eigenvalue weighted by Gasteiger charge is 2.09. The number of aromatic nitrogens is 1. The fourth-order valence-electron chi connectivity index (χ4n) is 2.34. The van der Waals surface area contributed by atoms with Crippen molar-refractivity contribution in [2.24, 2.45) is 0 Å². The lowest BCUT2D eigenvalue weighted by Crippen LogP contribution is -2.25. The number of aromatic amines is 1. The predicted molar refractivity (Wildman–Crippen MR) is 67.3 cm³/mol. The Kier molecular flexibility index (Phi) is 2.50. The molecule has 0 saturated heterocycles. The third-order valence-corrected chi connectivity index (χ3v) is 3.26. The summed E-state index contributed by atoms with van der Waals surface area (Å²) in [7, 11) is 0. The van der Waals surface area contributed by atoms with Crippen LogP contribution in [0.1, 0.15) is 18.4 Å². The zero-order valence-electron chi connectivity index (χ0n) is 9.24. The van der Waals surface area contributed by atoms with Gasteiger partial charge in [-0.25, -0.2) is 0 Å². The van der Waals surface area contributed by atoms with E-state index < -0.39 is 0 Å². The van der Waals surface area contributed by atoms with Gasteiger partial charge in [0.05, 0.1) is 0 Å². The number of nitrogens with one attached hydrogen (secondary N) is 2. The van der Waals surface area contributed by atoms with Gasteiger partial charge in [0.15, 0.2) is 0 Å². The molecule has 1 aliphatic rings. The first-order chi connectivity index (χ1) is 7.93. The summed E-state index contributed by atoms with van der Waals surface area (Å²) in [5, 5.41) is 4.89. The summed E-state index contributed by atoms with van der Waals surface area (Å²) in [4.78, 5) is 3.31. The van der Waals surface area contributed by atoms with E-state index in [0.717, 1.165) is 6.54 Å². The molecule has 1 heterocycles. The maximum absolute atomic E-state index is 3.60. The fraction of sp³-hybridized carbons (Fsp3) is 0.286. The van der Waals surface area contributed by atoms with Crippen molar-refractivity contribution in [2.75, 3.05) is 0 Å². The molecule has 0 saturated carbocycles. The Morgan fingerprint density at radius 3 is 2.94 bits per heavy atom. The first-order valence-corrected chi connectivity index (χ1v) is 5.87. The van der Waals surface area contributed by atoms with Crippen molar-refractivity contribution >= 4 is 10.9 Å². The van der Waals surface area contributed by atoms with E-state index in [9.17, 15) is 0 Å². The summed E-state index contributed by atoms with van der Waals surface area (Å²) >= 11 is 0. The molecular weight excluding hydrogens is 196 g/mol. The van der Waals surface area contributed by atoms with E-state index in [1.165, 1.54) is 29.3 Å². The summed E-state index contributed by atoms with van der Waals surface area (Å²) in [5.41, 5.74) is 2.62. The molecule has 0 unspecified atom stereocenters. The van der Waals surface area contributed by atoms with E-state index >= 15 is 0 Å². The van der Waals surface area contributed by atoms with Crippen molar-refractivity contribution in [3.8, 4) is 0 Å². The van der Waals surface area contributed by atoms with Gasteiger partial charge in [-0.2, -0.15) is 0 Å². The molecule has 0 aliphatic heterocycles. The van der Waals surface area contributed by atoms with E-state index in [1.54, 1.807) is 0 Å². The highest BCUT2D eigenvalue weighted by Crippen LogP contribution is 2.17. The van der Waals surface area contributed by atoms with Gasteiger partial charge in [-0.1, -0.05) is 30.4 Å². The lowest BCUT2D eigenvalue weighted by atomic mass is 10.1. The van der Waals surface area contributed by atoms with Gasteiger partial charge in [-0.15, -0.1) is 0 Å². The molecule has 82 valence electrons. The van der Waals surface area contributed by atoms with E-state index in [-0.39, 0.29) is 0 Å². The minimum absolute atomic E-state index is 0.630. The van der Waals surface area contributed by atoms with Gasteiger partial charge < -0.3 is 10.3 Å². The second kappa shape index (κ2) is 4.14. The minimum atomic E-state index is 0.630. The predicted octanol–water partition coefficient (Wildman–Crippen LogP) is 2.98. The molecule has 0 radical (unpaired) electrons. The maximum Gasteiger partial charge on any atom is 0.0499 e. The molecule has 2 nitrogen and oxygen atoms in total. The van der Waals surface area contributed by atoms with Crippen LogP contribution in [0.15, 0.2) is 42.6 Å². The van der Waals surface area contributed by atoms with Crippen molar-refractivity contribution < 1.29 is 0 Å². The average molecular weight is 212 g/mol. The smallest absolute Gasteiger partial charge is 0.0499 e. The molecule has 2 heteroatoms. The van der Waals surface area contributed by atoms with Crippen LogP contribution in [0.3, 0.4) is 0 Å². The summed E-state index contributed by atoms with van der Waals surface area (Å²) in [6, 6.07) is 9.21. The Hall–Kier alpha value is -1.54. The molecule has 0 amide bonds.